The first-order chi connectivity index (χ1) is 8.22. The van der Waals surface area contributed by atoms with Gasteiger partial charge >= 0.3 is 0 Å². The van der Waals surface area contributed by atoms with Gasteiger partial charge in [-0.3, -0.25) is 0 Å². The van der Waals surface area contributed by atoms with E-state index in [1.54, 1.807) is 0 Å². The van der Waals surface area contributed by atoms with E-state index in [2.05, 4.69) is 43.7 Å². The van der Waals surface area contributed by atoms with E-state index in [0.717, 1.165) is 11.3 Å². The van der Waals surface area contributed by atoms with E-state index < -0.39 is 8.07 Å². The number of ether oxygens (including phenoxy) is 1. The number of benzene rings is 1. The van der Waals surface area contributed by atoms with Crippen LogP contribution in [0.15, 0.2) is 24.3 Å². The maximum Gasteiger partial charge on any atom is 0.129 e. The highest BCUT2D eigenvalue weighted by Crippen LogP contribution is 2.19. The Morgan fingerprint density at radius 2 is 1.72 bits per heavy atom. The highest BCUT2D eigenvalue weighted by molar-refractivity contribution is 7.80. The summed E-state index contributed by atoms with van der Waals surface area (Å²) in [4.78, 5) is 0. The first kappa shape index (κ1) is 15.2. The summed E-state index contributed by atoms with van der Waals surface area (Å²) >= 11 is 4.27. The maximum atomic E-state index is 5.84. The monoisotopic (exact) mass is 278 g/mol. The standard InChI is InChI=1S/C15H22OSSi/c1-15(2,12-17)16-14-8-6-13(7-9-14)10-11-18(3,4)5/h6-9,17H,12H2,1-5H3. The molecule has 0 saturated carbocycles. The molecule has 0 heterocycles. The normalized spacial score (nSPS) is 11.7. The molecule has 0 radical (unpaired) electrons. The fourth-order valence-corrected chi connectivity index (χ4v) is 1.80. The van der Waals surface area contributed by atoms with Gasteiger partial charge in [0.15, 0.2) is 0 Å². The summed E-state index contributed by atoms with van der Waals surface area (Å²) in [5.41, 5.74) is 4.16. The third kappa shape index (κ3) is 5.66. The minimum absolute atomic E-state index is 0.241. The van der Waals surface area contributed by atoms with Crippen LogP contribution in [-0.2, 0) is 0 Å². The minimum atomic E-state index is -1.30. The van der Waals surface area contributed by atoms with Crippen LogP contribution >= 0.6 is 12.6 Å². The molecule has 0 aliphatic rings. The van der Waals surface area contributed by atoms with Crippen molar-refractivity contribution in [3.05, 3.63) is 29.8 Å². The van der Waals surface area contributed by atoms with Gasteiger partial charge in [-0.2, -0.15) is 12.6 Å². The highest BCUT2D eigenvalue weighted by Gasteiger charge is 2.17. The second kappa shape index (κ2) is 5.86. The van der Waals surface area contributed by atoms with Gasteiger partial charge in [0.05, 0.1) is 0 Å². The summed E-state index contributed by atoms with van der Waals surface area (Å²) in [6.45, 7) is 10.8. The Balaban J connectivity index is 2.77. The van der Waals surface area contributed by atoms with Crippen LogP contribution in [0.25, 0.3) is 0 Å². The average molecular weight is 278 g/mol. The Kier molecular flexibility index (Phi) is 4.95. The van der Waals surface area contributed by atoms with Crippen LogP contribution in [0.3, 0.4) is 0 Å². The molecule has 0 atom stereocenters. The van der Waals surface area contributed by atoms with E-state index in [4.69, 9.17) is 4.74 Å². The van der Waals surface area contributed by atoms with Crippen LogP contribution in [0.1, 0.15) is 19.4 Å². The lowest BCUT2D eigenvalue weighted by Crippen LogP contribution is -2.30. The Labute approximate surface area is 117 Å². The summed E-state index contributed by atoms with van der Waals surface area (Å²) < 4.78 is 5.84. The van der Waals surface area contributed by atoms with Crippen LogP contribution in [0.2, 0.25) is 19.6 Å². The highest BCUT2D eigenvalue weighted by atomic mass is 32.1. The van der Waals surface area contributed by atoms with Crippen molar-refractivity contribution < 1.29 is 4.74 Å². The molecule has 0 aromatic heterocycles. The van der Waals surface area contributed by atoms with Crippen molar-refractivity contribution in [2.24, 2.45) is 0 Å². The predicted molar refractivity (Wildman–Crippen MR) is 85.2 cm³/mol. The Morgan fingerprint density at radius 3 is 2.17 bits per heavy atom. The number of hydrogen-bond donors (Lipinski definition) is 1. The van der Waals surface area contributed by atoms with Crippen molar-refractivity contribution in [2.45, 2.75) is 39.1 Å². The van der Waals surface area contributed by atoms with Crippen LogP contribution in [-0.4, -0.2) is 19.4 Å². The van der Waals surface area contributed by atoms with E-state index in [1.165, 1.54) is 0 Å². The van der Waals surface area contributed by atoms with Crippen molar-refractivity contribution >= 4 is 20.7 Å². The molecule has 0 amide bonds. The molecule has 0 fully saturated rings. The molecular formula is C15H22OSSi. The quantitative estimate of drug-likeness (QED) is 0.499. The van der Waals surface area contributed by atoms with Crippen LogP contribution in [0.5, 0.6) is 5.75 Å². The van der Waals surface area contributed by atoms with Crippen molar-refractivity contribution in [2.75, 3.05) is 5.75 Å². The first-order valence-corrected chi connectivity index (χ1v) is 10.3. The molecule has 0 N–H and O–H groups in total. The largest absolute Gasteiger partial charge is 0.487 e. The van der Waals surface area contributed by atoms with Gasteiger partial charge in [0, 0.05) is 11.3 Å². The Morgan fingerprint density at radius 1 is 1.17 bits per heavy atom. The molecule has 0 unspecified atom stereocenters. The van der Waals surface area contributed by atoms with Gasteiger partial charge in [0.2, 0.25) is 0 Å². The van der Waals surface area contributed by atoms with Gasteiger partial charge in [-0.15, -0.1) is 5.54 Å². The summed E-state index contributed by atoms with van der Waals surface area (Å²) in [7, 11) is -1.30. The van der Waals surface area contributed by atoms with Gasteiger partial charge in [-0.1, -0.05) is 25.6 Å². The van der Waals surface area contributed by atoms with E-state index >= 15 is 0 Å². The number of thiol groups is 1. The fourth-order valence-electron chi connectivity index (χ4n) is 1.22. The zero-order valence-electron chi connectivity index (χ0n) is 11.9. The van der Waals surface area contributed by atoms with Gasteiger partial charge in [0.1, 0.15) is 19.4 Å². The molecule has 1 nitrogen and oxygen atoms in total. The smallest absolute Gasteiger partial charge is 0.129 e. The number of hydrogen-bond acceptors (Lipinski definition) is 2. The Bertz CT molecular complexity index is 446. The average Bonchev–Trinajstić information content (AvgIpc) is 2.27. The van der Waals surface area contributed by atoms with E-state index in [9.17, 15) is 0 Å². The topological polar surface area (TPSA) is 9.23 Å². The van der Waals surface area contributed by atoms with Gasteiger partial charge in [-0.05, 0) is 38.1 Å². The summed E-state index contributed by atoms with van der Waals surface area (Å²) in [6.07, 6.45) is 0. The van der Waals surface area contributed by atoms with Gasteiger partial charge in [0.25, 0.3) is 0 Å². The molecule has 18 heavy (non-hydrogen) atoms. The third-order valence-electron chi connectivity index (χ3n) is 2.21. The summed E-state index contributed by atoms with van der Waals surface area (Å²) in [6, 6.07) is 7.97. The van der Waals surface area contributed by atoms with Crippen molar-refractivity contribution in [3.8, 4) is 17.2 Å². The van der Waals surface area contributed by atoms with E-state index in [0.29, 0.717) is 5.75 Å². The lowest BCUT2D eigenvalue weighted by atomic mass is 10.1. The molecule has 0 saturated heterocycles. The lowest BCUT2D eigenvalue weighted by Gasteiger charge is -2.24. The van der Waals surface area contributed by atoms with Crippen molar-refractivity contribution in [1.82, 2.24) is 0 Å². The molecule has 3 heteroatoms. The van der Waals surface area contributed by atoms with Crippen molar-refractivity contribution in [1.29, 1.82) is 0 Å². The minimum Gasteiger partial charge on any atom is -0.487 e. The molecule has 1 aromatic carbocycles. The molecule has 1 rings (SSSR count). The van der Waals surface area contributed by atoms with Crippen molar-refractivity contribution in [3.63, 3.8) is 0 Å². The van der Waals surface area contributed by atoms with Gasteiger partial charge < -0.3 is 4.74 Å². The third-order valence-corrected chi connectivity index (χ3v) is 3.85. The molecule has 1 aromatic rings. The lowest BCUT2D eigenvalue weighted by molar-refractivity contribution is 0.136. The fraction of sp³-hybridized carbons (Fsp3) is 0.467. The van der Waals surface area contributed by atoms with Gasteiger partial charge in [-0.25, -0.2) is 0 Å². The van der Waals surface area contributed by atoms with Crippen LogP contribution in [0, 0.1) is 11.5 Å². The second-order valence-electron chi connectivity index (χ2n) is 6.04. The van der Waals surface area contributed by atoms with Crippen LogP contribution in [0.4, 0.5) is 0 Å². The van der Waals surface area contributed by atoms with E-state index in [1.807, 2.05) is 38.1 Å². The van der Waals surface area contributed by atoms with E-state index in [-0.39, 0.29) is 5.60 Å². The first-order valence-electron chi connectivity index (χ1n) is 6.15. The molecule has 0 aliphatic carbocycles. The maximum absolute atomic E-state index is 5.84. The Hall–Kier alpha value is -0.853. The molecule has 0 aliphatic heterocycles. The van der Waals surface area contributed by atoms with Crippen LogP contribution < -0.4 is 4.74 Å². The zero-order chi connectivity index (χ0) is 13.8. The molecular weight excluding hydrogens is 256 g/mol. The molecule has 98 valence electrons. The SMILES string of the molecule is CC(C)(CS)Oc1ccc(C#C[Si](C)(C)C)cc1. The zero-order valence-corrected chi connectivity index (χ0v) is 13.8. The second-order valence-corrected chi connectivity index (χ2v) is 11.1. The molecule has 0 bridgehead atoms. The summed E-state index contributed by atoms with van der Waals surface area (Å²) in [5, 5.41) is 0. The predicted octanol–water partition coefficient (Wildman–Crippen LogP) is 4.00. The molecule has 0 spiro atoms. The summed E-state index contributed by atoms with van der Waals surface area (Å²) in [5.74, 6) is 4.78. The number of rotatable bonds is 3.